The van der Waals surface area contributed by atoms with Crippen molar-refractivity contribution in [2.45, 2.75) is 32.7 Å². The Hall–Kier alpha value is -0.350. The molecule has 0 bridgehead atoms. The van der Waals surface area contributed by atoms with Crippen LogP contribution in [0.25, 0.3) is 0 Å². The smallest absolute Gasteiger partial charge is 0.264 e. The van der Waals surface area contributed by atoms with Gasteiger partial charge in [-0.05, 0) is 53.7 Å². The topological polar surface area (TPSA) is 20.3 Å². The maximum absolute atomic E-state index is 12.3. The lowest BCUT2D eigenvalue weighted by Gasteiger charge is -2.36. The van der Waals surface area contributed by atoms with E-state index in [2.05, 4.69) is 29.8 Å². The van der Waals surface area contributed by atoms with Crippen molar-refractivity contribution in [3.05, 3.63) is 20.8 Å². The standard InChI is InChI=1S/C12H16BrNOS/c1-8-3-4-9(2)14(7-8)12(15)10-5-6-11(13)16-10/h5-6,8-9H,3-4,7H2,1-2H3. The first kappa shape index (κ1) is 12.1. The number of halogens is 1. The molecule has 0 aromatic carbocycles. The van der Waals surface area contributed by atoms with E-state index >= 15 is 0 Å². The van der Waals surface area contributed by atoms with Gasteiger partial charge >= 0.3 is 0 Å². The molecule has 1 aliphatic heterocycles. The van der Waals surface area contributed by atoms with E-state index in [1.807, 2.05) is 17.0 Å². The van der Waals surface area contributed by atoms with Crippen molar-refractivity contribution in [2.24, 2.45) is 5.92 Å². The van der Waals surface area contributed by atoms with E-state index in [9.17, 15) is 4.79 Å². The number of hydrogen-bond donors (Lipinski definition) is 0. The summed E-state index contributed by atoms with van der Waals surface area (Å²) in [4.78, 5) is 15.1. The minimum absolute atomic E-state index is 0.190. The quantitative estimate of drug-likeness (QED) is 0.773. The van der Waals surface area contributed by atoms with Gasteiger partial charge in [0.15, 0.2) is 0 Å². The highest BCUT2D eigenvalue weighted by Crippen LogP contribution is 2.27. The van der Waals surface area contributed by atoms with E-state index in [-0.39, 0.29) is 5.91 Å². The van der Waals surface area contributed by atoms with Crippen LogP contribution in [0.4, 0.5) is 0 Å². The molecule has 16 heavy (non-hydrogen) atoms. The third kappa shape index (κ3) is 2.48. The molecule has 2 nitrogen and oxygen atoms in total. The monoisotopic (exact) mass is 301 g/mol. The molecular weight excluding hydrogens is 286 g/mol. The lowest BCUT2D eigenvalue weighted by Crippen LogP contribution is -2.44. The minimum atomic E-state index is 0.190. The Morgan fingerprint density at radius 1 is 1.44 bits per heavy atom. The van der Waals surface area contributed by atoms with E-state index in [0.29, 0.717) is 12.0 Å². The average Bonchev–Trinajstić information content (AvgIpc) is 2.67. The Morgan fingerprint density at radius 3 is 2.81 bits per heavy atom. The Balaban J connectivity index is 2.14. The van der Waals surface area contributed by atoms with Gasteiger partial charge in [-0.2, -0.15) is 0 Å². The normalized spacial score (nSPS) is 25.8. The molecule has 4 heteroatoms. The summed E-state index contributed by atoms with van der Waals surface area (Å²) in [6.07, 6.45) is 2.36. The van der Waals surface area contributed by atoms with Crippen LogP contribution in [-0.2, 0) is 0 Å². The number of rotatable bonds is 1. The summed E-state index contributed by atoms with van der Waals surface area (Å²) < 4.78 is 1.02. The predicted octanol–water partition coefficient (Wildman–Crippen LogP) is 3.77. The number of piperidine rings is 1. The third-order valence-electron chi connectivity index (χ3n) is 3.16. The third-order valence-corrected chi connectivity index (χ3v) is 4.77. The van der Waals surface area contributed by atoms with Crippen LogP contribution in [0.3, 0.4) is 0 Å². The van der Waals surface area contributed by atoms with Gasteiger partial charge in [0.25, 0.3) is 5.91 Å². The zero-order valence-corrected chi connectivity index (χ0v) is 12.0. The van der Waals surface area contributed by atoms with Gasteiger partial charge in [0.05, 0.1) is 8.66 Å². The molecule has 0 saturated carbocycles. The first-order valence-corrected chi connectivity index (χ1v) is 7.25. The summed E-state index contributed by atoms with van der Waals surface area (Å²) >= 11 is 4.92. The molecule has 2 rings (SSSR count). The van der Waals surface area contributed by atoms with Crippen molar-refractivity contribution in [3.8, 4) is 0 Å². The highest BCUT2D eigenvalue weighted by atomic mass is 79.9. The molecule has 2 unspecified atom stereocenters. The molecule has 1 fully saturated rings. The fourth-order valence-corrected chi connectivity index (χ4v) is 3.48. The largest absolute Gasteiger partial charge is 0.335 e. The number of thiophene rings is 1. The van der Waals surface area contributed by atoms with Crippen LogP contribution >= 0.6 is 27.3 Å². The summed E-state index contributed by atoms with van der Waals surface area (Å²) in [5, 5.41) is 0. The maximum atomic E-state index is 12.3. The molecule has 0 aliphatic carbocycles. The SMILES string of the molecule is CC1CCC(C)N(C(=O)c2ccc(Br)s2)C1. The number of hydrogen-bond acceptors (Lipinski definition) is 2. The number of nitrogens with zero attached hydrogens (tertiary/aromatic N) is 1. The van der Waals surface area contributed by atoms with E-state index in [0.717, 1.165) is 21.6 Å². The van der Waals surface area contributed by atoms with Crippen molar-refractivity contribution in [3.63, 3.8) is 0 Å². The Bertz CT molecular complexity index is 390. The second-order valence-corrected chi connectivity index (χ2v) is 7.06. The lowest BCUT2D eigenvalue weighted by atomic mass is 9.95. The van der Waals surface area contributed by atoms with Crippen molar-refractivity contribution in [2.75, 3.05) is 6.54 Å². The van der Waals surface area contributed by atoms with Crippen LogP contribution in [0.15, 0.2) is 15.9 Å². The first-order chi connectivity index (χ1) is 7.58. The van der Waals surface area contributed by atoms with Gasteiger partial charge in [-0.1, -0.05) is 6.92 Å². The zero-order chi connectivity index (χ0) is 11.7. The molecule has 88 valence electrons. The van der Waals surface area contributed by atoms with Crippen molar-refractivity contribution < 1.29 is 4.79 Å². The van der Waals surface area contributed by atoms with Gasteiger partial charge in [0, 0.05) is 12.6 Å². The molecule has 2 atom stereocenters. The van der Waals surface area contributed by atoms with E-state index in [1.54, 1.807) is 0 Å². The number of amides is 1. The summed E-state index contributed by atoms with van der Waals surface area (Å²) in [6, 6.07) is 4.23. The molecule has 0 spiro atoms. The number of carbonyl (C=O) groups is 1. The van der Waals surface area contributed by atoms with Gasteiger partial charge in [0.1, 0.15) is 0 Å². The molecule has 1 saturated heterocycles. The second-order valence-electron chi connectivity index (χ2n) is 4.59. The first-order valence-electron chi connectivity index (χ1n) is 5.64. The van der Waals surface area contributed by atoms with E-state index < -0.39 is 0 Å². The minimum Gasteiger partial charge on any atom is -0.335 e. The lowest BCUT2D eigenvalue weighted by molar-refractivity contribution is 0.0579. The van der Waals surface area contributed by atoms with Crippen LogP contribution in [0.1, 0.15) is 36.4 Å². The molecule has 1 aromatic rings. The molecule has 2 heterocycles. The molecule has 0 N–H and O–H groups in total. The fraction of sp³-hybridized carbons (Fsp3) is 0.583. The molecule has 0 radical (unpaired) electrons. The van der Waals surface area contributed by atoms with Gasteiger partial charge in [-0.15, -0.1) is 11.3 Å². The number of carbonyl (C=O) groups excluding carboxylic acids is 1. The summed E-state index contributed by atoms with van der Waals surface area (Å²) in [7, 11) is 0. The summed E-state index contributed by atoms with van der Waals surface area (Å²) in [6.45, 7) is 5.26. The van der Waals surface area contributed by atoms with Crippen molar-refractivity contribution in [1.29, 1.82) is 0 Å². The Morgan fingerprint density at radius 2 is 2.19 bits per heavy atom. The summed E-state index contributed by atoms with van der Waals surface area (Å²) in [5.74, 6) is 0.818. The highest BCUT2D eigenvalue weighted by molar-refractivity contribution is 9.11. The molecule has 1 aliphatic rings. The maximum Gasteiger partial charge on any atom is 0.264 e. The van der Waals surface area contributed by atoms with Crippen LogP contribution in [-0.4, -0.2) is 23.4 Å². The van der Waals surface area contributed by atoms with Crippen molar-refractivity contribution in [1.82, 2.24) is 4.90 Å². The zero-order valence-electron chi connectivity index (χ0n) is 9.57. The van der Waals surface area contributed by atoms with Gasteiger partial charge in [-0.3, -0.25) is 4.79 Å². The van der Waals surface area contributed by atoms with Gasteiger partial charge < -0.3 is 4.90 Å². The summed E-state index contributed by atoms with van der Waals surface area (Å²) in [5.41, 5.74) is 0. The van der Waals surface area contributed by atoms with Gasteiger partial charge in [-0.25, -0.2) is 0 Å². The van der Waals surface area contributed by atoms with Crippen LogP contribution in [0.2, 0.25) is 0 Å². The van der Waals surface area contributed by atoms with Crippen LogP contribution < -0.4 is 0 Å². The predicted molar refractivity (Wildman–Crippen MR) is 70.9 cm³/mol. The number of likely N-dealkylation sites (tertiary alicyclic amines) is 1. The Kier molecular flexibility index (Phi) is 3.70. The van der Waals surface area contributed by atoms with Gasteiger partial charge in [0.2, 0.25) is 0 Å². The van der Waals surface area contributed by atoms with Crippen molar-refractivity contribution >= 4 is 33.2 Å². The molecule has 1 aromatic heterocycles. The fourth-order valence-electron chi connectivity index (χ4n) is 2.14. The van der Waals surface area contributed by atoms with Crippen LogP contribution in [0.5, 0.6) is 0 Å². The second kappa shape index (κ2) is 4.88. The average molecular weight is 302 g/mol. The Labute approximate surface area is 109 Å². The molecular formula is C12H16BrNOS. The molecule has 1 amide bonds. The highest BCUT2D eigenvalue weighted by Gasteiger charge is 2.28. The van der Waals surface area contributed by atoms with E-state index in [1.165, 1.54) is 17.8 Å². The van der Waals surface area contributed by atoms with E-state index in [4.69, 9.17) is 0 Å². The van der Waals surface area contributed by atoms with Crippen LogP contribution in [0, 0.1) is 5.92 Å².